The summed E-state index contributed by atoms with van der Waals surface area (Å²) in [5, 5.41) is 12.4. The predicted octanol–water partition coefficient (Wildman–Crippen LogP) is 4.65. The minimum absolute atomic E-state index is 0.0760. The van der Waals surface area contributed by atoms with E-state index in [4.69, 9.17) is 4.74 Å². The lowest BCUT2D eigenvalue weighted by atomic mass is 10.1. The third-order valence-corrected chi connectivity index (χ3v) is 5.29. The quantitative estimate of drug-likeness (QED) is 0.480. The molecule has 1 amide bonds. The van der Waals surface area contributed by atoms with Crippen LogP contribution in [0.1, 0.15) is 32.2 Å². The molecule has 3 aromatic rings. The van der Waals surface area contributed by atoms with Gasteiger partial charge in [-0.2, -0.15) is 0 Å². The summed E-state index contributed by atoms with van der Waals surface area (Å²) in [5.41, 5.74) is 1.94. The zero-order valence-electron chi connectivity index (χ0n) is 17.7. The van der Waals surface area contributed by atoms with Crippen molar-refractivity contribution in [2.45, 2.75) is 38.9 Å². The number of rotatable bonds is 10. The molecule has 0 bridgehead atoms. The number of nitrogens with zero attached hydrogens (tertiary/aromatic N) is 3. The maximum Gasteiger partial charge on any atom is 0.234 e. The molecule has 0 spiro atoms. The average molecular weight is 425 g/mol. The summed E-state index contributed by atoms with van der Waals surface area (Å²) < 4.78 is 7.56. The molecule has 2 aromatic carbocycles. The number of aromatic nitrogens is 3. The SMILES string of the molecule is CCOc1ccc(NC(=O)CSc2nnc(Cc3ccccc3)n2CC(C)C)cc1. The number of amides is 1. The highest BCUT2D eigenvalue weighted by molar-refractivity contribution is 7.99. The van der Waals surface area contributed by atoms with E-state index in [9.17, 15) is 4.79 Å². The molecule has 1 N–H and O–H groups in total. The fraction of sp³-hybridized carbons (Fsp3) is 0.348. The van der Waals surface area contributed by atoms with Crippen molar-refractivity contribution in [1.29, 1.82) is 0 Å². The second kappa shape index (κ2) is 10.8. The van der Waals surface area contributed by atoms with E-state index in [2.05, 4.69) is 46.1 Å². The molecule has 0 aliphatic carbocycles. The molecule has 158 valence electrons. The Bertz CT molecular complexity index is 940. The van der Waals surface area contributed by atoms with E-state index in [1.807, 2.05) is 49.4 Å². The zero-order valence-corrected chi connectivity index (χ0v) is 18.5. The Morgan fingerprint density at radius 2 is 1.83 bits per heavy atom. The van der Waals surface area contributed by atoms with Crippen molar-refractivity contribution >= 4 is 23.4 Å². The van der Waals surface area contributed by atoms with Crippen LogP contribution in [0.3, 0.4) is 0 Å². The van der Waals surface area contributed by atoms with E-state index in [0.29, 0.717) is 12.5 Å². The molecule has 0 radical (unpaired) electrons. The topological polar surface area (TPSA) is 69.0 Å². The molecule has 30 heavy (non-hydrogen) atoms. The molecule has 6 nitrogen and oxygen atoms in total. The van der Waals surface area contributed by atoms with Crippen LogP contribution < -0.4 is 10.1 Å². The Morgan fingerprint density at radius 3 is 2.50 bits per heavy atom. The summed E-state index contributed by atoms with van der Waals surface area (Å²) in [5.74, 6) is 2.36. The van der Waals surface area contributed by atoms with E-state index in [-0.39, 0.29) is 11.7 Å². The third-order valence-electron chi connectivity index (χ3n) is 4.33. The molecule has 3 rings (SSSR count). The number of nitrogens with one attached hydrogen (secondary N) is 1. The van der Waals surface area contributed by atoms with Gasteiger partial charge in [0, 0.05) is 18.7 Å². The Morgan fingerprint density at radius 1 is 1.10 bits per heavy atom. The van der Waals surface area contributed by atoms with Gasteiger partial charge in [0.2, 0.25) is 5.91 Å². The van der Waals surface area contributed by atoms with Gasteiger partial charge in [0.05, 0.1) is 12.4 Å². The smallest absolute Gasteiger partial charge is 0.234 e. The summed E-state index contributed by atoms with van der Waals surface area (Å²) in [7, 11) is 0. The molecule has 0 saturated heterocycles. The van der Waals surface area contributed by atoms with E-state index >= 15 is 0 Å². The van der Waals surface area contributed by atoms with Gasteiger partial charge in [0.1, 0.15) is 11.6 Å². The summed E-state index contributed by atoms with van der Waals surface area (Å²) in [6, 6.07) is 17.6. The lowest BCUT2D eigenvalue weighted by Crippen LogP contribution is -2.15. The predicted molar refractivity (Wildman–Crippen MR) is 121 cm³/mol. The first-order chi connectivity index (χ1) is 14.5. The highest BCUT2D eigenvalue weighted by Gasteiger charge is 2.16. The van der Waals surface area contributed by atoms with E-state index < -0.39 is 0 Å². The number of benzene rings is 2. The number of anilines is 1. The highest BCUT2D eigenvalue weighted by atomic mass is 32.2. The van der Waals surface area contributed by atoms with Gasteiger partial charge in [-0.1, -0.05) is 55.9 Å². The Kier molecular flexibility index (Phi) is 7.90. The van der Waals surface area contributed by atoms with Crippen molar-refractivity contribution in [2.24, 2.45) is 5.92 Å². The van der Waals surface area contributed by atoms with Crippen LogP contribution in [0.4, 0.5) is 5.69 Å². The maximum atomic E-state index is 12.4. The Labute approximate surface area is 182 Å². The van der Waals surface area contributed by atoms with Gasteiger partial charge in [-0.25, -0.2) is 0 Å². The van der Waals surface area contributed by atoms with Gasteiger partial charge in [-0.15, -0.1) is 10.2 Å². The van der Waals surface area contributed by atoms with Gasteiger partial charge >= 0.3 is 0 Å². The molecule has 0 fully saturated rings. The van der Waals surface area contributed by atoms with Crippen LogP contribution in [0.15, 0.2) is 59.8 Å². The number of hydrogen-bond acceptors (Lipinski definition) is 5. The van der Waals surface area contributed by atoms with Gasteiger partial charge in [0.25, 0.3) is 0 Å². The van der Waals surface area contributed by atoms with Gasteiger partial charge in [-0.3, -0.25) is 4.79 Å². The standard InChI is InChI=1S/C23H28N4O2S/c1-4-29-20-12-10-19(11-13-20)24-22(28)16-30-23-26-25-21(27(23)15-17(2)3)14-18-8-6-5-7-9-18/h5-13,17H,4,14-16H2,1-3H3,(H,24,28). The van der Waals surface area contributed by atoms with Crippen molar-refractivity contribution in [2.75, 3.05) is 17.7 Å². The zero-order chi connectivity index (χ0) is 21.3. The second-order valence-corrected chi connectivity index (χ2v) is 8.30. The summed E-state index contributed by atoms with van der Waals surface area (Å²) in [6.45, 7) is 7.71. The van der Waals surface area contributed by atoms with Crippen LogP contribution in [0.5, 0.6) is 5.75 Å². The number of thioether (sulfide) groups is 1. The van der Waals surface area contributed by atoms with Crippen molar-refractivity contribution in [3.63, 3.8) is 0 Å². The van der Waals surface area contributed by atoms with Gasteiger partial charge < -0.3 is 14.6 Å². The van der Waals surface area contributed by atoms with E-state index in [1.165, 1.54) is 17.3 Å². The largest absolute Gasteiger partial charge is 0.494 e. The molecular weight excluding hydrogens is 396 g/mol. The second-order valence-electron chi connectivity index (χ2n) is 7.36. The summed E-state index contributed by atoms with van der Waals surface area (Å²) in [6.07, 6.45) is 0.722. The number of carbonyl (C=O) groups is 1. The van der Waals surface area contributed by atoms with Gasteiger partial charge in [0.15, 0.2) is 5.16 Å². The van der Waals surface area contributed by atoms with E-state index in [1.54, 1.807) is 0 Å². The van der Waals surface area contributed by atoms with Crippen molar-refractivity contribution in [1.82, 2.24) is 14.8 Å². The third kappa shape index (κ3) is 6.35. The van der Waals surface area contributed by atoms with Gasteiger partial charge in [-0.05, 0) is 42.7 Å². The number of ether oxygens (including phenoxy) is 1. The van der Waals surface area contributed by atoms with Crippen molar-refractivity contribution in [3.05, 3.63) is 66.0 Å². The van der Waals surface area contributed by atoms with Crippen LogP contribution in [-0.4, -0.2) is 33.0 Å². The summed E-state index contributed by atoms with van der Waals surface area (Å²) >= 11 is 1.41. The van der Waals surface area contributed by atoms with Crippen molar-refractivity contribution < 1.29 is 9.53 Å². The monoisotopic (exact) mass is 424 g/mol. The first-order valence-corrected chi connectivity index (χ1v) is 11.1. The first kappa shape index (κ1) is 21.9. The van der Waals surface area contributed by atoms with Crippen LogP contribution >= 0.6 is 11.8 Å². The van der Waals surface area contributed by atoms with Crippen LogP contribution in [0, 0.1) is 5.92 Å². The molecule has 0 atom stereocenters. The Balaban J connectivity index is 1.63. The minimum Gasteiger partial charge on any atom is -0.494 e. The summed E-state index contributed by atoms with van der Waals surface area (Å²) in [4.78, 5) is 12.4. The molecule has 0 aliphatic heterocycles. The lowest BCUT2D eigenvalue weighted by Gasteiger charge is -2.12. The normalized spacial score (nSPS) is 10.9. The van der Waals surface area contributed by atoms with Crippen LogP contribution in [0.2, 0.25) is 0 Å². The lowest BCUT2D eigenvalue weighted by molar-refractivity contribution is -0.113. The van der Waals surface area contributed by atoms with E-state index in [0.717, 1.165) is 35.4 Å². The molecule has 0 unspecified atom stereocenters. The Hall–Kier alpha value is -2.80. The first-order valence-electron chi connectivity index (χ1n) is 10.2. The molecular formula is C23H28N4O2S. The fourth-order valence-electron chi connectivity index (χ4n) is 3.01. The average Bonchev–Trinajstić information content (AvgIpc) is 3.09. The fourth-order valence-corrected chi connectivity index (χ4v) is 3.78. The molecule has 7 heteroatoms. The molecule has 0 saturated carbocycles. The highest BCUT2D eigenvalue weighted by Crippen LogP contribution is 2.21. The van der Waals surface area contributed by atoms with Crippen molar-refractivity contribution in [3.8, 4) is 5.75 Å². The molecule has 1 heterocycles. The minimum atomic E-state index is -0.0760. The number of carbonyl (C=O) groups excluding carboxylic acids is 1. The molecule has 0 aliphatic rings. The van der Waals surface area contributed by atoms with Crippen LogP contribution in [-0.2, 0) is 17.8 Å². The molecule has 1 aromatic heterocycles. The van der Waals surface area contributed by atoms with Crippen LogP contribution in [0.25, 0.3) is 0 Å². The maximum absolute atomic E-state index is 12.4. The number of hydrogen-bond donors (Lipinski definition) is 1.